The number of rotatable bonds is 7. The molecule has 1 heterocycles. The molecule has 0 radical (unpaired) electrons. The second kappa shape index (κ2) is 6.61. The summed E-state index contributed by atoms with van der Waals surface area (Å²) in [6, 6.07) is 0.205. The molecular weight excluding hydrogens is 216 g/mol. The maximum Gasteiger partial charge on any atom is 0.159 e. The summed E-state index contributed by atoms with van der Waals surface area (Å²) in [6.07, 6.45) is 3.64. The Morgan fingerprint density at radius 1 is 1.53 bits per heavy atom. The quantitative estimate of drug-likeness (QED) is 0.763. The van der Waals surface area contributed by atoms with Crippen LogP contribution < -0.4 is 10.5 Å². The Bertz CT molecular complexity index is 333. The Labute approximate surface area is 104 Å². The highest BCUT2D eigenvalue weighted by atomic mass is 16.5. The maximum atomic E-state index is 5.79. The smallest absolute Gasteiger partial charge is 0.159 e. The van der Waals surface area contributed by atoms with Crippen molar-refractivity contribution >= 4 is 0 Å². The van der Waals surface area contributed by atoms with E-state index >= 15 is 0 Å². The lowest BCUT2D eigenvalue weighted by molar-refractivity contribution is 0.364. The Balaban J connectivity index is 2.71. The number of nitrogens with two attached hydrogens (primary N) is 1. The van der Waals surface area contributed by atoms with Gasteiger partial charge in [-0.15, -0.1) is 0 Å². The molecule has 0 aliphatic heterocycles. The molecule has 1 unspecified atom stereocenters. The zero-order valence-electron chi connectivity index (χ0n) is 11.3. The van der Waals surface area contributed by atoms with Crippen LogP contribution in [0.2, 0.25) is 0 Å². The van der Waals surface area contributed by atoms with Gasteiger partial charge in [0.25, 0.3) is 0 Å². The number of ether oxygens (including phenoxy) is 1. The minimum Gasteiger partial charge on any atom is -0.493 e. The van der Waals surface area contributed by atoms with Gasteiger partial charge >= 0.3 is 0 Å². The third-order valence-electron chi connectivity index (χ3n) is 2.73. The van der Waals surface area contributed by atoms with Gasteiger partial charge in [-0.1, -0.05) is 0 Å². The SMILES string of the molecule is COc1cnn(CCN(C)C)c1CCC(C)N. The molecule has 0 fully saturated rings. The van der Waals surface area contributed by atoms with Gasteiger partial charge in [-0.05, 0) is 33.9 Å². The molecule has 0 saturated heterocycles. The summed E-state index contributed by atoms with van der Waals surface area (Å²) < 4.78 is 7.34. The van der Waals surface area contributed by atoms with Crippen LogP contribution in [0.25, 0.3) is 0 Å². The van der Waals surface area contributed by atoms with Crippen LogP contribution in [-0.4, -0.2) is 48.5 Å². The third kappa shape index (κ3) is 4.36. The number of nitrogens with zero attached hydrogens (tertiary/aromatic N) is 3. The molecule has 0 aliphatic carbocycles. The second-order valence-corrected chi connectivity index (χ2v) is 4.70. The first kappa shape index (κ1) is 14.0. The van der Waals surface area contributed by atoms with Crippen molar-refractivity contribution in [1.82, 2.24) is 14.7 Å². The largest absolute Gasteiger partial charge is 0.493 e. The lowest BCUT2D eigenvalue weighted by atomic mass is 10.1. The van der Waals surface area contributed by atoms with Gasteiger partial charge in [0.2, 0.25) is 0 Å². The molecule has 2 N–H and O–H groups in total. The van der Waals surface area contributed by atoms with E-state index in [1.165, 1.54) is 0 Å². The molecule has 1 atom stereocenters. The molecule has 5 nitrogen and oxygen atoms in total. The maximum absolute atomic E-state index is 5.79. The average molecular weight is 240 g/mol. The third-order valence-corrected chi connectivity index (χ3v) is 2.73. The van der Waals surface area contributed by atoms with Crippen molar-refractivity contribution in [2.24, 2.45) is 5.73 Å². The van der Waals surface area contributed by atoms with Crippen LogP contribution in [0.15, 0.2) is 6.20 Å². The summed E-state index contributed by atoms with van der Waals surface area (Å²) in [6.45, 7) is 3.87. The Morgan fingerprint density at radius 3 is 2.76 bits per heavy atom. The fraction of sp³-hybridized carbons (Fsp3) is 0.750. The summed E-state index contributed by atoms with van der Waals surface area (Å²) >= 11 is 0. The van der Waals surface area contributed by atoms with Crippen molar-refractivity contribution in [2.75, 3.05) is 27.7 Å². The minimum absolute atomic E-state index is 0.205. The highest BCUT2D eigenvalue weighted by molar-refractivity contribution is 5.25. The number of hydrogen-bond acceptors (Lipinski definition) is 4. The van der Waals surface area contributed by atoms with E-state index in [2.05, 4.69) is 24.1 Å². The first-order chi connectivity index (χ1) is 8.04. The molecular formula is C12H24N4O. The molecule has 0 amide bonds. The van der Waals surface area contributed by atoms with Crippen LogP contribution in [0.3, 0.4) is 0 Å². The fourth-order valence-corrected chi connectivity index (χ4v) is 1.67. The van der Waals surface area contributed by atoms with E-state index in [1.54, 1.807) is 13.3 Å². The Morgan fingerprint density at radius 2 is 2.24 bits per heavy atom. The minimum atomic E-state index is 0.205. The summed E-state index contributed by atoms with van der Waals surface area (Å²) in [7, 11) is 5.80. The molecule has 1 aromatic rings. The topological polar surface area (TPSA) is 56.3 Å². The second-order valence-electron chi connectivity index (χ2n) is 4.70. The molecule has 1 aromatic heterocycles. The van der Waals surface area contributed by atoms with E-state index in [1.807, 2.05) is 11.6 Å². The van der Waals surface area contributed by atoms with Crippen molar-refractivity contribution < 1.29 is 4.74 Å². The van der Waals surface area contributed by atoms with Crippen molar-refractivity contribution in [2.45, 2.75) is 32.4 Å². The monoisotopic (exact) mass is 240 g/mol. The van der Waals surface area contributed by atoms with Crippen molar-refractivity contribution in [3.05, 3.63) is 11.9 Å². The van der Waals surface area contributed by atoms with Crippen LogP contribution in [0.4, 0.5) is 0 Å². The zero-order valence-corrected chi connectivity index (χ0v) is 11.3. The normalized spacial score (nSPS) is 13.1. The number of likely N-dealkylation sites (N-methyl/N-ethyl adjacent to an activating group) is 1. The zero-order chi connectivity index (χ0) is 12.8. The van der Waals surface area contributed by atoms with Gasteiger partial charge in [0.15, 0.2) is 5.75 Å². The highest BCUT2D eigenvalue weighted by Gasteiger charge is 2.11. The van der Waals surface area contributed by atoms with Gasteiger partial charge in [-0.25, -0.2) is 0 Å². The van der Waals surface area contributed by atoms with E-state index in [-0.39, 0.29) is 6.04 Å². The van der Waals surface area contributed by atoms with E-state index in [9.17, 15) is 0 Å². The highest BCUT2D eigenvalue weighted by Crippen LogP contribution is 2.19. The molecule has 5 heteroatoms. The lowest BCUT2D eigenvalue weighted by Crippen LogP contribution is -2.21. The van der Waals surface area contributed by atoms with Crippen molar-refractivity contribution in [3.8, 4) is 5.75 Å². The van der Waals surface area contributed by atoms with E-state index in [0.29, 0.717) is 0 Å². The first-order valence-corrected chi connectivity index (χ1v) is 6.03. The van der Waals surface area contributed by atoms with Crippen molar-refractivity contribution in [3.63, 3.8) is 0 Å². The van der Waals surface area contributed by atoms with Gasteiger partial charge in [-0.3, -0.25) is 4.68 Å². The van der Waals surface area contributed by atoms with Crippen LogP contribution in [0.5, 0.6) is 5.75 Å². The summed E-state index contributed by atoms with van der Waals surface area (Å²) in [5.74, 6) is 0.865. The van der Waals surface area contributed by atoms with Crippen LogP contribution in [0.1, 0.15) is 19.0 Å². The average Bonchev–Trinajstić information content (AvgIpc) is 2.65. The molecule has 0 aromatic carbocycles. The molecule has 0 spiro atoms. The number of aromatic nitrogens is 2. The molecule has 0 saturated carbocycles. The molecule has 0 bridgehead atoms. The Hall–Kier alpha value is -1.07. The van der Waals surface area contributed by atoms with Gasteiger partial charge in [-0.2, -0.15) is 5.10 Å². The van der Waals surface area contributed by atoms with Crippen LogP contribution in [0, 0.1) is 0 Å². The van der Waals surface area contributed by atoms with Crippen molar-refractivity contribution in [1.29, 1.82) is 0 Å². The number of hydrogen-bond donors (Lipinski definition) is 1. The summed E-state index contributed by atoms with van der Waals surface area (Å²) in [5.41, 5.74) is 6.94. The summed E-state index contributed by atoms with van der Waals surface area (Å²) in [5, 5.41) is 4.36. The van der Waals surface area contributed by atoms with Crippen LogP contribution in [-0.2, 0) is 13.0 Å². The summed E-state index contributed by atoms with van der Waals surface area (Å²) in [4.78, 5) is 2.14. The predicted octanol–water partition coefficient (Wildman–Crippen LogP) is 0.733. The van der Waals surface area contributed by atoms with Gasteiger partial charge in [0, 0.05) is 12.6 Å². The first-order valence-electron chi connectivity index (χ1n) is 6.03. The molecule has 98 valence electrons. The standard InChI is InChI=1S/C12H24N4O/c1-10(13)5-6-11-12(17-4)9-14-16(11)8-7-15(2)3/h9-10H,5-8,13H2,1-4H3. The molecule has 0 aliphatic rings. The lowest BCUT2D eigenvalue weighted by Gasteiger charge is -2.13. The van der Waals surface area contributed by atoms with Gasteiger partial charge < -0.3 is 15.4 Å². The van der Waals surface area contributed by atoms with Gasteiger partial charge in [0.1, 0.15) is 0 Å². The fourth-order valence-electron chi connectivity index (χ4n) is 1.67. The van der Waals surface area contributed by atoms with E-state index < -0.39 is 0 Å². The molecule has 17 heavy (non-hydrogen) atoms. The predicted molar refractivity (Wildman–Crippen MR) is 69.3 cm³/mol. The van der Waals surface area contributed by atoms with E-state index in [0.717, 1.165) is 37.4 Å². The van der Waals surface area contributed by atoms with E-state index in [4.69, 9.17) is 10.5 Å². The van der Waals surface area contributed by atoms with Gasteiger partial charge in [0.05, 0.1) is 25.5 Å². The Kier molecular flexibility index (Phi) is 5.44. The molecule has 1 rings (SSSR count). The number of methoxy groups -OCH3 is 1. The van der Waals surface area contributed by atoms with Crippen LogP contribution >= 0.6 is 0 Å².